The molecule has 0 aromatic carbocycles. The van der Waals surface area contributed by atoms with Crippen LogP contribution in [0.4, 0.5) is 0 Å². The Morgan fingerprint density at radius 1 is 0.878 bits per heavy atom. The Bertz CT molecular complexity index is 1330. The Morgan fingerprint density at radius 3 is 2.05 bits per heavy atom. The van der Waals surface area contributed by atoms with Crippen LogP contribution in [0.1, 0.15) is 92.9 Å². The summed E-state index contributed by atoms with van der Waals surface area (Å²) in [5.74, 6) is -0.712. The molecule has 6 atom stereocenters. The average Bonchev–Trinajstić information content (AvgIpc) is 2.90. The molecular weight excluding hydrogens is 520 g/mol. The zero-order valence-electron chi connectivity index (χ0n) is 25.4. The molecule has 0 saturated carbocycles. The van der Waals surface area contributed by atoms with Crippen molar-refractivity contribution in [3.63, 3.8) is 0 Å². The molecule has 0 amide bonds. The molecule has 5 aliphatic rings. The monoisotopic (exact) mass is 564 g/mol. The topological polar surface area (TPSA) is 107 Å². The van der Waals surface area contributed by atoms with Gasteiger partial charge in [0.15, 0.2) is 11.6 Å². The van der Waals surface area contributed by atoms with E-state index in [0.29, 0.717) is 24.0 Å². The van der Waals surface area contributed by atoms with Gasteiger partial charge in [-0.2, -0.15) is 0 Å². The van der Waals surface area contributed by atoms with Crippen molar-refractivity contribution in [2.24, 2.45) is 28.1 Å². The van der Waals surface area contributed by atoms with Crippen LogP contribution in [0.3, 0.4) is 0 Å². The van der Waals surface area contributed by atoms with Crippen LogP contribution in [-0.4, -0.2) is 47.4 Å². The van der Waals surface area contributed by atoms with Crippen molar-refractivity contribution in [2.45, 2.75) is 98.5 Å². The van der Waals surface area contributed by atoms with E-state index in [4.69, 9.17) is 9.47 Å². The van der Waals surface area contributed by atoms with E-state index in [-0.39, 0.29) is 49.5 Å². The predicted molar refractivity (Wildman–Crippen MR) is 153 cm³/mol. The molecule has 5 aliphatic carbocycles. The summed E-state index contributed by atoms with van der Waals surface area (Å²) >= 11 is 0. The van der Waals surface area contributed by atoms with Gasteiger partial charge in [-0.1, -0.05) is 45.4 Å². The summed E-state index contributed by atoms with van der Waals surface area (Å²) in [5.41, 5.74) is -0.147. The molecule has 0 heterocycles. The lowest BCUT2D eigenvalue weighted by molar-refractivity contribution is -0.150. The molecule has 0 aliphatic heterocycles. The Kier molecular flexibility index (Phi) is 7.37. The normalized spacial score (nSPS) is 38.6. The fourth-order valence-corrected chi connectivity index (χ4v) is 8.34. The third-order valence-electron chi connectivity index (χ3n) is 11.4. The van der Waals surface area contributed by atoms with E-state index in [2.05, 4.69) is 33.8 Å². The summed E-state index contributed by atoms with van der Waals surface area (Å²) < 4.78 is 11.1. The SMILES string of the molecule is CC(=O)OC[C@]1(O)CC[C@@](COC(C)=O)(C2=CC(=O)C3=CCC[C@H](C)[C@@]3(C)C2)C2=C1C[C@@]1(C)C(=CCC[C@@H]1C)C2=O. The van der Waals surface area contributed by atoms with E-state index in [0.717, 1.165) is 42.4 Å². The lowest BCUT2D eigenvalue weighted by Gasteiger charge is -2.55. The molecule has 0 unspecified atom stereocenters. The number of ketones is 2. The number of hydrogen-bond donors (Lipinski definition) is 1. The van der Waals surface area contributed by atoms with Crippen molar-refractivity contribution >= 4 is 23.5 Å². The maximum absolute atomic E-state index is 14.8. The second kappa shape index (κ2) is 10.2. The molecule has 41 heavy (non-hydrogen) atoms. The minimum absolute atomic E-state index is 0.0519. The van der Waals surface area contributed by atoms with Gasteiger partial charge in [-0.3, -0.25) is 19.2 Å². The second-order valence-corrected chi connectivity index (χ2v) is 13.8. The third kappa shape index (κ3) is 4.59. The molecule has 0 saturated heterocycles. The van der Waals surface area contributed by atoms with Gasteiger partial charge in [0.25, 0.3) is 0 Å². The summed E-state index contributed by atoms with van der Waals surface area (Å²) in [6, 6.07) is 0. The van der Waals surface area contributed by atoms with E-state index in [9.17, 15) is 24.3 Å². The number of rotatable bonds is 5. The van der Waals surface area contributed by atoms with Gasteiger partial charge in [0.05, 0.1) is 5.41 Å². The second-order valence-electron chi connectivity index (χ2n) is 13.8. The zero-order valence-corrected chi connectivity index (χ0v) is 25.4. The average molecular weight is 565 g/mol. The van der Waals surface area contributed by atoms with Gasteiger partial charge in [0.1, 0.15) is 18.8 Å². The van der Waals surface area contributed by atoms with Crippen LogP contribution in [-0.2, 0) is 28.7 Å². The van der Waals surface area contributed by atoms with Gasteiger partial charge in [-0.15, -0.1) is 0 Å². The number of allylic oxidation sites excluding steroid dienone is 5. The number of hydrogen-bond acceptors (Lipinski definition) is 7. The zero-order chi connectivity index (χ0) is 30.0. The van der Waals surface area contributed by atoms with E-state index >= 15 is 0 Å². The number of aliphatic hydroxyl groups is 1. The van der Waals surface area contributed by atoms with Crippen LogP contribution in [0.2, 0.25) is 0 Å². The highest BCUT2D eigenvalue weighted by Crippen LogP contribution is 2.63. The van der Waals surface area contributed by atoms with Crippen LogP contribution in [0.15, 0.2) is 46.1 Å². The number of ether oxygens (including phenoxy) is 2. The molecule has 1 N–H and O–H groups in total. The van der Waals surface area contributed by atoms with Gasteiger partial charge in [-0.05, 0) is 74.9 Å². The molecule has 0 spiro atoms. The first kappa shape index (κ1) is 29.7. The quantitative estimate of drug-likeness (QED) is 0.438. The fraction of sp³-hybridized carbons (Fsp3) is 0.647. The molecule has 0 fully saturated rings. The first-order valence-corrected chi connectivity index (χ1v) is 15.1. The molecule has 7 heteroatoms. The highest BCUT2D eigenvalue weighted by Gasteiger charge is 2.60. The van der Waals surface area contributed by atoms with Gasteiger partial charge in [0, 0.05) is 41.4 Å². The summed E-state index contributed by atoms with van der Waals surface area (Å²) in [6.45, 7) is 10.9. The van der Waals surface area contributed by atoms with Crippen molar-refractivity contribution in [1.82, 2.24) is 0 Å². The molecule has 222 valence electrons. The van der Waals surface area contributed by atoms with Gasteiger partial charge in [-0.25, -0.2) is 0 Å². The number of Topliss-reactive ketones (excluding diaryl/α,β-unsaturated/α-hetero) is 1. The maximum Gasteiger partial charge on any atom is 0.302 e. The Morgan fingerprint density at radius 2 is 1.44 bits per heavy atom. The highest BCUT2D eigenvalue weighted by molar-refractivity contribution is 6.13. The van der Waals surface area contributed by atoms with Gasteiger partial charge in [0.2, 0.25) is 0 Å². The highest BCUT2D eigenvalue weighted by atomic mass is 16.5. The van der Waals surface area contributed by atoms with Crippen molar-refractivity contribution in [2.75, 3.05) is 13.2 Å². The fourth-order valence-electron chi connectivity index (χ4n) is 8.34. The lowest BCUT2D eigenvalue weighted by atomic mass is 9.48. The number of carbonyl (C=O) groups excluding carboxylic acids is 4. The first-order valence-electron chi connectivity index (χ1n) is 15.1. The van der Waals surface area contributed by atoms with Crippen LogP contribution < -0.4 is 0 Å². The molecule has 0 radical (unpaired) electrons. The van der Waals surface area contributed by atoms with E-state index in [1.54, 1.807) is 6.08 Å². The van der Waals surface area contributed by atoms with Gasteiger partial charge < -0.3 is 14.6 Å². The molecule has 0 aromatic rings. The van der Waals surface area contributed by atoms with Crippen LogP contribution >= 0.6 is 0 Å². The molecular formula is C34H44O7. The van der Waals surface area contributed by atoms with Crippen LogP contribution in [0.25, 0.3) is 0 Å². The van der Waals surface area contributed by atoms with E-state index < -0.39 is 33.8 Å². The summed E-state index contributed by atoms with van der Waals surface area (Å²) in [4.78, 5) is 52.6. The molecule has 0 bridgehead atoms. The molecule has 5 rings (SSSR count). The largest absolute Gasteiger partial charge is 0.465 e. The summed E-state index contributed by atoms with van der Waals surface area (Å²) in [7, 11) is 0. The molecule has 0 aromatic heterocycles. The standard InChI is InChI=1S/C34H44O7/c1-20-9-7-11-25-28(37)15-24(16-31(20,25)5)33(18-40-22(3)35)13-14-34(39,19-41-23(4)36)27-17-32(6)21(2)10-8-12-26(32)30(38)29(27)33/h11-12,15,20-21,39H,7-10,13-14,16-19H2,1-6H3/t20-,21-,31+,32+,33+,34+/m0/s1. The number of fused-ring (bicyclic) bond motifs is 2. The Labute approximate surface area is 243 Å². The minimum Gasteiger partial charge on any atom is -0.465 e. The molecule has 7 nitrogen and oxygen atoms in total. The van der Waals surface area contributed by atoms with Crippen molar-refractivity contribution in [3.05, 3.63) is 46.1 Å². The van der Waals surface area contributed by atoms with E-state index in [1.807, 2.05) is 6.08 Å². The van der Waals surface area contributed by atoms with Gasteiger partial charge >= 0.3 is 11.9 Å². The number of carbonyl (C=O) groups is 4. The predicted octanol–water partition coefficient (Wildman–Crippen LogP) is 5.52. The third-order valence-corrected chi connectivity index (χ3v) is 11.4. The van der Waals surface area contributed by atoms with Crippen molar-refractivity contribution in [1.29, 1.82) is 0 Å². The summed E-state index contributed by atoms with van der Waals surface area (Å²) in [6.07, 6.45) is 10.8. The lowest BCUT2D eigenvalue weighted by Crippen LogP contribution is -2.55. The van der Waals surface area contributed by atoms with Crippen LogP contribution in [0.5, 0.6) is 0 Å². The maximum atomic E-state index is 14.8. The summed E-state index contributed by atoms with van der Waals surface area (Å²) in [5, 5.41) is 12.2. The Hall–Kier alpha value is -2.80. The minimum atomic E-state index is -1.53. The smallest absolute Gasteiger partial charge is 0.302 e. The van der Waals surface area contributed by atoms with Crippen LogP contribution in [0, 0.1) is 28.1 Å². The first-order chi connectivity index (χ1) is 19.2. The van der Waals surface area contributed by atoms with E-state index in [1.165, 1.54) is 13.8 Å². The Balaban J connectivity index is 1.76. The van der Waals surface area contributed by atoms with Crippen molar-refractivity contribution in [3.8, 4) is 0 Å². The van der Waals surface area contributed by atoms with Crippen molar-refractivity contribution < 1.29 is 33.8 Å². The number of esters is 2.